The van der Waals surface area contributed by atoms with E-state index in [9.17, 15) is 21.6 Å². The Bertz CT molecular complexity index is 1300. The van der Waals surface area contributed by atoms with Crippen molar-refractivity contribution in [2.75, 3.05) is 9.44 Å². The van der Waals surface area contributed by atoms with E-state index >= 15 is 0 Å². The number of carboxylic acids is 1. The molecule has 158 valence electrons. The summed E-state index contributed by atoms with van der Waals surface area (Å²) in [6, 6.07) is 7.74. The number of hydrogen-bond acceptors (Lipinski definition) is 8. The summed E-state index contributed by atoms with van der Waals surface area (Å²) in [5.41, 5.74) is 1.18. The van der Waals surface area contributed by atoms with E-state index in [1.54, 1.807) is 19.9 Å². The van der Waals surface area contributed by atoms with Gasteiger partial charge in [0.05, 0.1) is 10.5 Å². The molecule has 1 aromatic carbocycles. The lowest BCUT2D eigenvalue weighted by Crippen LogP contribution is -2.16. The first-order valence-corrected chi connectivity index (χ1v) is 12.1. The fraction of sp³-hybridized carbons (Fsp3) is 0.118. The fourth-order valence-electron chi connectivity index (χ4n) is 2.43. The van der Waals surface area contributed by atoms with Crippen LogP contribution in [0.2, 0.25) is 0 Å². The third-order valence-electron chi connectivity index (χ3n) is 3.71. The molecule has 3 N–H and O–H groups in total. The minimum atomic E-state index is -4.01. The van der Waals surface area contributed by atoms with Crippen LogP contribution in [0.4, 0.5) is 11.6 Å². The van der Waals surface area contributed by atoms with Crippen molar-refractivity contribution >= 4 is 49.0 Å². The van der Waals surface area contributed by atoms with Gasteiger partial charge in [-0.2, -0.15) is 0 Å². The molecule has 0 unspecified atom stereocenters. The van der Waals surface area contributed by atoms with Crippen molar-refractivity contribution in [1.82, 2.24) is 9.97 Å². The molecule has 0 saturated heterocycles. The van der Waals surface area contributed by atoms with Crippen molar-refractivity contribution < 1.29 is 26.7 Å². The van der Waals surface area contributed by atoms with E-state index in [1.165, 1.54) is 29.6 Å². The molecule has 0 atom stereocenters. The molecule has 0 spiro atoms. The maximum absolute atomic E-state index is 12.5. The van der Waals surface area contributed by atoms with Crippen LogP contribution in [0.3, 0.4) is 0 Å². The molecule has 13 heteroatoms. The van der Waals surface area contributed by atoms with Gasteiger partial charge in [-0.1, -0.05) is 0 Å². The van der Waals surface area contributed by atoms with E-state index < -0.39 is 26.0 Å². The van der Waals surface area contributed by atoms with Gasteiger partial charge in [0, 0.05) is 22.5 Å². The predicted octanol–water partition coefficient (Wildman–Crippen LogP) is 2.45. The van der Waals surface area contributed by atoms with Gasteiger partial charge >= 0.3 is 5.97 Å². The highest BCUT2D eigenvalue weighted by Gasteiger charge is 2.20. The normalized spacial score (nSPS) is 11.8. The number of nitrogens with one attached hydrogen (secondary N) is 2. The van der Waals surface area contributed by atoms with Gasteiger partial charge in [-0.25, -0.2) is 36.3 Å². The number of rotatable bonds is 7. The summed E-state index contributed by atoms with van der Waals surface area (Å²) >= 11 is 0.764. The average Bonchev–Trinajstić information content (AvgIpc) is 3.12. The maximum Gasteiger partial charge on any atom is 0.336 e. The molecule has 0 aliphatic rings. The monoisotopic (exact) mass is 468 g/mol. The third-order valence-corrected chi connectivity index (χ3v) is 7.88. The molecule has 10 nitrogen and oxygen atoms in total. The minimum Gasteiger partial charge on any atom is -0.478 e. The van der Waals surface area contributed by atoms with Crippen molar-refractivity contribution in [3.8, 4) is 0 Å². The Hall–Kier alpha value is -3.03. The number of nitrogens with zero attached hydrogens (tertiary/aromatic N) is 2. The topological polar surface area (TPSA) is 155 Å². The van der Waals surface area contributed by atoms with Gasteiger partial charge in [-0.15, -0.1) is 11.3 Å². The molecule has 0 saturated carbocycles. The number of aromatic nitrogens is 2. The molecular formula is C17H16N4O6S3. The molecule has 0 bridgehead atoms. The highest BCUT2D eigenvalue weighted by Crippen LogP contribution is 2.24. The van der Waals surface area contributed by atoms with E-state index in [-0.39, 0.29) is 26.3 Å². The Morgan fingerprint density at radius 1 is 0.933 bits per heavy atom. The number of benzene rings is 1. The molecular weight excluding hydrogens is 452 g/mol. The van der Waals surface area contributed by atoms with Crippen LogP contribution in [0.15, 0.2) is 50.9 Å². The van der Waals surface area contributed by atoms with Crippen molar-refractivity contribution in [2.45, 2.75) is 23.0 Å². The van der Waals surface area contributed by atoms with Gasteiger partial charge in [0.25, 0.3) is 20.0 Å². The van der Waals surface area contributed by atoms with Crippen molar-refractivity contribution in [2.24, 2.45) is 0 Å². The summed E-state index contributed by atoms with van der Waals surface area (Å²) in [7, 11) is -7.99. The first-order chi connectivity index (χ1) is 14.0. The zero-order valence-corrected chi connectivity index (χ0v) is 18.1. The highest BCUT2D eigenvalue weighted by atomic mass is 32.2. The van der Waals surface area contributed by atoms with Gasteiger partial charge in [0.15, 0.2) is 0 Å². The van der Waals surface area contributed by atoms with Crippen LogP contribution < -0.4 is 9.44 Å². The van der Waals surface area contributed by atoms with E-state index in [4.69, 9.17) is 5.11 Å². The van der Waals surface area contributed by atoms with Crippen molar-refractivity contribution in [1.29, 1.82) is 0 Å². The number of anilines is 2. The van der Waals surface area contributed by atoms with Gasteiger partial charge in [-0.05, 0) is 50.2 Å². The first-order valence-electron chi connectivity index (χ1n) is 8.26. The van der Waals surface area contributed by atoms with E-state index in [2.05, 4.69) is 19.4 Å². The summed E-state index contributed by atoms with van der Waals surface area (Å²) in [4.78, 5) is 18.9. The molecule has 2 heterocycles. The Balaban J connectivity index is 1.78. The fourth-order valence-corrected chi connectivity index (χ4v) is 5.58. The second-order valence-corrected chi connectivity index (χ2v) is 10.7. The average molecular weight is 469 g/mol. The van der Waals surface area contributed by atoms with Gasteiger partial charge in [0.1, 0.15) is 4.21 Å². The van der Waals surface area contributed by atoms with Crippen LogP contribution in [0.1, 0.15) is 21.7 Å². The number of carbonyl (C=O) groups is 1. The number of aromatic carboxylic acids is 1. The smallest absolute Gasteiger partial charge is 0.336 e. The molecule has 3 aromatic rings. The number of carboxylic acid groups (broad SMARTS) is 1. The zero-order valence-electron chi connectivity index (χ0n) is 15.6. The van der Waals surface area contributed by atoms with E-state index in [1.807, 2.05) is 0 Å². The quantitative estimate of drug-likeness (QED) is 0.477. The Morgan fingerprint density at radius 2 is 1.53 bits per heavy atom. The second kappa shape index (κ2) is 8.01. The Labute approximate surface area is 176 Å². The Kier molecular flexibility index (Phi) is 5.78. The first kappa shape index (κ1) is 21.7. The molecule has 2 aromatic heterocycles. The van der Waals surface area contributed by atoms with E-state index in [0.717, 1.165) is 17.4 Å². The molecule has 0 aliphatic carbocycles. The van der Waals surface area contributed by atoms with Crippen molar-refractivity contribution in [3.63, 3.8) is 0 Å². The zero-order chi connectivity index (χ0) is 22.1. The molecule has 0 amide bonds. The summed E-state index contributed by atoms with van der Waals surface area (Å²) < 4.78 is 54.2. The molecule has 0 fully saturated rings. The van der Waals surface area contributed by atoms with Crippen LogP contribution in [-0.4, -0.2) is 37.9 Å². The number of thiophene rings is 1. The highest BCUT2D eigenvalue weighted by molar-refractivity contribution is 7.94. The van der Waals surface area contributed by atoms with Gasteiger partial charge in [0.2, 0.25) is 5.95 Å². The minimum absolute atomic E-state index is 0.0655. The lowest BCUT2D eigenvalue weighted by molar-refractivity contribution is 0.0697. The number of aryl methyl sites for hydroxylation is 2. The van der Waals surface area contributed by atoms with E-state index in [0.29, 0.717) is 11.4 Å². The summed E-state index contributed by atoms with van der Waals surface area (Å²) in [6.45, 7) is 3.42. The molecule has 0 radical (unpaired) electrons. The number of sulfonamides is 2. The lowest BCUT2D eigenvalue weighted by Gasteiger charge is -2.10. The number of hydrogen-bond donors (Lipinski definition) is 3. The largest absolute Gasteiger partial charge is 0.478 e. The SMILES string of the molecule is Cc1cc(C)nc(NS(=O)(=O)c2ccc(NS(=O)(=O)c3cc(C(=O)O)cs3)cc2)n1. The van der Waals surface area contributed by atoms with Crippen LogP contribution >= 0.6 is 11.3 Å². The molecule has 0 aliphatic heterocycles. The lowest BCUT2D eigenvalue weighted by atomic mass is 10.3. The Morgan fingerprint density at radius 3 is 2.07 bits per heavy atom. The van der Waals surface area contributed by atoms with Crippen molar-refractivity contribution in [3.05, 3.63) is 58.7 Å². The van der Waals surface area contributed by atoms with Gasteiger partial charge in [-0.3, -0.25) is 4.72 Å². The van der Waals surface area contributed by atoms with Gasteiger partial charge < -0.3 is 5.11 Å². The predicted molar refractivity (Wildman–Crippen MR) is 111 cm³/mol. The standard InChI is InChI=1S/C17H16N4O6S3/c1-10-7-11(2)19-17(18-10)21-29(24,25)14-5-3-13(4-6-14)20-30(26,27)15-8-12(9-28-15)16(22)23/h3-9,20H,1-2H3,(H,22,23)(H,18,19,21). The summed E-state index contributed by atoms with van der Waals surface area (Å²) in [5, 5.41) is 10.1. The van der Waals surface area contributed by atoms with Crippen LogP contribution in [0.5, 0.6) is 0 Å². The molecule has 3 rings (SSSR count). The van der Waals surface area contributed by atoms with Crippen LogP contribution in [0.25, 0.3) is 0 Å². The van der Waals surface area contributed by atoms with Crippen LogP contribution in [-0.2, 0) is 20.0 Å². The van der Waals surface area contributed by atoms with Crippen LogP contribution in [0, 0.1) is 13.8 Å². The molecule has 30 heavy (non-hydrogen) atoms. The maximum atomic E-state index is 12.5. The second-order valence-electron chi connectivity index (χ2n) is 6.17. The summed E-state index contributed by atoms with van der Waals surface area (Å²) in [5.74, 6) is -1.30. The summed E-state index contributed by atoms with van der Waals surface area (Å²) in [6.07, 6.45) is 0. The third kappa shape index (κ3) is 4.93.